The number of urea groups is 1. The molecule has 2 amide bonds. The van der Waals surface area contributed by atoms with Gasteiger partial charge in [-0.15, -0.1) is 0 Å². The molecular formula is C17H21F6N3O3S. The van der Waals surface area contributed by atoms with Crippen molar-refractivity contribution in [2.24, 2.45) is 0 Å². The van der Waals surface area contributed by atoms with Gasteiger partial charge in [0.2, 0.25) is 10.0 Å². The number of rotatable bonds is 5. The second-order valence-corrected chi connectivity index (χ2v) is 8.66. The fourth-order valence-corrected chi connectivity index (χ4v) is 4.33. The minimum Gasteiger partial charge on any atom is -0.338 e. The van der Waals surface area contributed by atoms with Crippen molar-refractivity contribution in [3.63, 3.8) is 0 Å². The Bertz CT molecular complexity index is 830. The zero-order valence-corrected chi connectivity index (χ0v) is 16.8. The van der Waals surface area contributed by atoms with E-state index in [-0.39, 0.29) is 44.4 Å². The van der Waals surface area contributed by atoms with Gasteiger partial charge in [-0.2, -0.15) is 30.6 Å². The van der Waals surface area contributed by atoms with Gasteiger partial charge in [0.15, 0.2) is 0 Å². The number of nitrogens with zero attached hydrogens (tertiary/aromatic N) is 2. The summed E-state index contributed by atoms with van der Waals surface area (Å²) in [7, 11) is -4.62. The molecule has 170 valence electrons. The first-order chi connectivity index (χ1) is 13.8. The molecule has 0 bridgehead atoms. The van der Waals surface area contributed by atoms with Crippen molar-refractivity contribution in [1.82, 2.24) is 14.5 Å². The topological polar surface area (TPSA) is 69.7 Å². The molecule has 6 nitrogen and oxygen atoms in total. The van der Waals surface area contributed by atoms with E-state index < -0.39 is 44.4 Å². The van der Waals surface area contributed by atoms with Crippen LogP contribution in [-0.4, -0.2) is 56.4 Å². The fourth-order valence-electron chi connectivity index (χ4n) is 2.84. The third-order valence-corrected chi connectivity index (χ3v) is 6.41. The van der Waals surface area contributed by atoms with Crippen LogP contribution < -0.4 is 5.32 Å². The van der Waals surface area contributed by atoms with E-state index in [2.05, 4.69) is 5.32 Å². The molecule has 1 heterocycles. The number of carbonyl (C=O) groups excluding carboxylic acids is 1. The predicted molar refractivity (Wildman–Crippen MR) is 95.1 cm³/mol. The maximum Gasteiger partial charge on any atom is 0.416 e. The number of halogens is 6. The van der Waals surface area contributed by atoms with Crippen molar-refractivity contribution >= 4 is 16.1 Å². The van der Waals surface area contributed by atoms with Crippen molar-refractivity contribution in [2.75, 3.05) is 32.7 Å². The number of amides is 2. The second-order valence-electron chi connectivity index (χ2n) is 6.72. The highest BCUT2D eigenvalue weighted by molar-refractivity contribution is 7.89. The van der Waals surface area contributed by atoms with E-state index in [9.17, 15) is 39.6 Å². The Morgan fingerprint density at radius 3 is 1.90 bits per heavy atom. The Morgan fingerprint density at radius 1 is 0.967 bits per heavy atom. The van der Waals surface area contributed by atoms with Crippen LogP contribution in [0.4, 0.5) is 31.1 Å². The average Bonchev–Trinajstić information content (AvgIpc) is 2.66. The molecule has 1 fully saturated rings. The van der Waals surface area contributed by atoms with Crippen LogP contribution in [0.5, 0.6) is 0 Å². The monoisotopic (exact) mass is 461 g/mol. The third-order valence-electron chi connectivity index (χ3n) is 4.53. The molecule has 1 aromatic carbocycles. The first-order valence-electron chi connectivity index (χ1n) is 9.09. The van der Waals surface area contributed by atoms with Crippen LogP contribution in [0.2, 0.25) is 0 Å². The largest absolute Gasteiger partial charge is 0.416 e. The molecule has 0 unspecified atom stereocenters. The number of alkyl halides is 6. The summed E-state index contributed by atoms with van der Waals surface area (Å²) < 4.78 is 104. The van der Waals surface area contributed by atoms with E-state index in [1.54, 1.807) is 0 Å². The summed E-state index contributed by atoms with van der Waals surface area (Å²) in [4.78, 5) is 12.3. The lowest BCUT2D eigenvalue weighted by Crippen LogP contribution is -2.53. The van der Waals surface area contributed by atoms with Crippen molar-refractivity contribution in [1.29, 1.82) is 0 Å². The zero-order chi connectivity index (χ0) is 22.7. The summed E-state index contributed by atoms with van der Waals surface area (Å²) in [6.45, 7) is 1.80. The molecule has 1 aliphatic rings. The molecule has 0 aromatic heterocycles. The van der Waals surface area contributed by atoms with Crippen LogP contribution >= 0.6 is 0 Å². The van der Waals surface area contributed by atoms with Gasteiger partial charge in [0.05, 0.1) is 16.0 Å². The normalized spacial score (nSPS) is 16.6. The van der Waals surface area contributed by atoms with Gasteiger partial charge < -0.3 is 10.2 Å². The lowest BCUT2D eigenvalue weighted by atomic mass is 10.1. The van der Waals surface area contributed by atoms with E-state index in [1.165, 1.54) is 4.90 Å². The first kappa shape index (κ1) is 24.3. The van der Waals surface area contributed by atoms with Gasteiger partial charge in [-0.1, -0.05) is 13.3 Å². The van der Waals surface area contributed by atoms with Crippen LogP contribution in [0, 0.1) is 0 Å². The number of hydrogen-bond donors (Lipinski definition) is 1. The number of hydrogen-bond acceptors (Lipinski definition) is 3. The van der Waals surface area contributed by atoms with Crippen LogP contribution in [0.15, 0.2) is 23.1 Å². The molecule has 30 heavy (non-hydrogen) atoms. The smallest absolute Gasteiger partial charge is 0.338 e. The number of piperazine rings is 1. The Balaban J connectivity index is 2.23. The third kappa shape index (κ3) is 5.78. The summed E-state index contributed by atoms with van der Waals surface area (Å²) in [5, 5.41) is 2.66. The summed E-state index contributed by atoms with van der Waals surface area (Å²) in [6.07, 6.45) is -8.68. The van der Waals surface area contributed by atoms with E-state index in [4.69, 9.17) is 0 Å². The number of benzene rings is 1. The van der Waals surface area contributed by atoms with Crippen molar-refractivity contribution in [2.45, 2.75) is 37.0 Å². The van der Waals surface area contributed by atoms with Crippen LogP contribution in [0.3, 0.4) is 0 Å². The average molecular weight is 461 g/mol. The highest BCUT2D eigenvalue weighted by atomic mass is 32.2. The Morgan fingerprint density at radius 2 is 1.47 bits per heavy atom. The van der Waals surface area contributed by atoms with Gasteiger partial charge in [0.25, 0.3) is 0 Å². The molecule has 13 heteroatoms. The van der Waals surface area contributed by atoms with Gasteiger partial charge in [0.1, 0.15) is 0 Å². The van der Waals surface area contributed by atoms with E-state index in [0.717, 1.165) is 17.1 Å². The summed E-state index contributed by atoms with van der Waals surface area (Å²) in [5.74, 6) is 0. The number of unbranched alkanes of at least 4 members (excludes halogenated alkanes) is 1. The van der Waals surface area contributed by atoms with Crippen LogP contribution in [-0.2, 0) is 22.4 Å². The molecule has 0 radical (unpaired) electrons. The minimum absolute atomic E-state index is 0.0394. The Hall–Kier alpha value is -2.02. The van der Waals surface area contributed by atoms with Gasteiger partial charge in [-0.25, -0.2) is 13.2 Å². The number of sulfonamides is 1. The summed E-state index contributed by atoms with van der Waals surface area (Å²) >= 11 is 0. The minimum atomic E-state index is -5.15. The molecule has 1 saturated heterocycles. The Kier molecular flexibility index (Phi) is 7.28. The van der Waals surface area contributed by atoms with Crippen LogP contribution in [0.25, 0.3) is 0 Å². The fraction of sp³-hybridized carbons (Fsp3) is 0.588. The lowest BCUT2D eigenvalue weighted by Gasteiger charge is -2.34. The van der Waals surface area contributed by atoms with E-state index in [1.807, 2.05) is 6.92 Å². The molecule has 0 spiro atoms. The highest BCUT2D eigenvalue weighted by Crippen LogP contribution is 2.37. The maximum absolute atomic E-state index is 13.0. The predicted octanol–water partition coefficient (Wildman–Crippen LogP) is 3.54. The van der Waals surface area contributed by atoms with Gasteiger partial charge in [-0.3, -0.25) is 0 Å². The number of carbonyl (C=O) groups is 1. The molecule has 1 N–H and O–H groups in total. The zero-order valence-electron chi connectivity index (χ0n) is 16.0. The second kappa shape index (κ2) is 9.00. The maximum atomic E-state index is 13.0. The standard InChI is InChI=1S/C17H21F6N3O3S/c1-2-3-4-24-15(27)25-5-7-26(8-6-25)30(28,29)14-10-12(16(18,19)20)9-13(11-14)17(21,22)23/h9-11H,2-8H2,1H3,(H,24,27). The van der Waals surface area contributed by atoms with Crippen molar-refractivity contribution in [3.05, 3.63) is 29.3 Å². The number of nitrogens with one attached hydrogen (secondary N) is 1. The van der Waals surface area contributed by atoms with Crippen LogP contribution in [0.1, 0.15) is 30.9 Å². The molecule has 1 aliphatic heterocycles. The van der Waals surface area contributed by atoms with Crippen molar-refractivity contribution < 1.29 is 39.6 Å². The van der Waals surface area contributed by atoms with Gasteiger partial charge in [-0.05, 0) is 24.6 Å². The van der Waals surface area contributed by atoms with Crippen molar-refractivity contribution in [3.8, 4) is 0 Å². The highest BCUT2D eigenvalue weighted by Gasteiger charge is 2.39. The molecule has 0 atom stereocenters. The van der Waals surface area contributed by atoms with E-state index >= 15 is 0 Å². The SMILES string of the molecule is CCCCNC(=O)N1CCN(S(=O)(=O)c2cc(C(F)(F)F)cc(C(F)(F)F)c2)CC1. The molecule has 1 aromatic rings. The van der Waals surface area contributed by atoms with E-state index in [0.29, 0.717) is 6.54 Å². The van der Waals surface area contributed by atoms with Gasteiger partial charge >= 0.3 is 18.4 Å². The summed E-state index contributed by atoms with van der Waals surface area (Å²) in [6, 6.07) is -0.153. The Labute approximate surface area is 169 Å². The molecular weight excluding hydrogens is 440 g/mol. The lowest BCUT2D eigenvalue weighted by molar-refractivity contribution is -0.143. The molecule has 0 aliphatic carbocycles. The molecule has 0 saturated carbocycles. The first-order valence-corrected chi connectivity index (χ1v) is 10.5. The summed E-state index contributed by atoms with van der Waals surface area (Å²) in [5.41, 5.74) is -3.41. The molecule has 2 rings (SSSR count). The van der Waals surface area contributed by atoms with Gasteiger partial charge in [0, 0.05) is 32.7 Å². The quantitative estimate of drug-likeness (QED) is 0.539.